The van der Waals surface area contributed by atoms with Gasteiger partial charge in [-0.05, 0) is 29.5 Å². The minimum Gasteiger partial charge on any atom is -0.363 e. The third-order valence-corrected chi connectivity index (χ3v) is 5.12. The van der Waals surface area contributed by atoms with Crippen molar-refractivity contribution in [3.8, 4) is 6.07 Å². The van der Waals surface area contributed by atoms with E-state index in [9.17, 15) is 25.5 Å². The summed E-state index contributed by atoms with van der Waals surface area (Å²) in [5, 5.41) is 42.8. The number of benzene rings is 2. The molecule has 158 valence electrons. The summed E-state index contributed by atoms with van der Waals surface area (Å²) in [6.45, 7) is 2.62. The van der Waals surface area contributed by atoms with Crippen molar-refractivity contribution in [2.45, 2.75) is 0 Å². The van der Waals surface area contributed by atoms with Crippen LogP contribution >= 0.6 is 0 Å². The predicted molar refractivity (Wildman–Crippen MR) is 109 cm³/mol. The molecule has 13 heteroatoms. The number of nitriles is 1. The number of nitrogens with one attached hydrogen (secondary N) is 1. The van der Waals surface area contributed by atoms with Gasteiger partial charge in [0.25, 0.3) is 5.69 Å². The zero-order chi connectivity index (χ0) is 22.1. The van der Waals surface area contributed by atoms with Gasteiger partial charge in [-0.2, -0.15) is 5.26 Å². The second-order valence-electron chi connectivity index (χ2n) is 7.02. The summed E-state index contributed by atoms with van der Waals surface area (Å²) in [7, 11) is 1.97. The first-order valence-corrected chi connectivity index (χ1v) is 9.21. The quantitative estimate of drug-likeness (QED) is 0.471. The first-order valence-electron chi connectivity index (χ1n) is 9.21. The van der Waals surface area contributed by atoms with Crippen LogP contribution in [0.4, 0.5) is 28.4 Å². The molecular weight excluding hydrogens is 408 g/mol. The summed E-state index contributed by atoms with van der Waals surface area (Å²) < 4.78 is 4.78. The highest BCUT2D eigenvalue weighted by atomic mass is 16.6. The van der Waals surface area contributed by atoms with E-state index in [1.807, 2.05) is 18.0 Å². The Hall–Kier alpha value is -4.31. The molecule has 3 aromatic rings. The summed E-state index contributed by atoms with van der Waals surface area (Å²) in [5.74, 6) is 0. The van der Waals surface area contributed by atoms with Crippen LogP contribution in [0, 0.1) is 31.6 Å². The number of hydrogen-bond acceptors (Lipinski definition) is 11. The monoisotopic (exact) mass is 424 g/mol. The van der Waals surface area contributed by atoms with Crippen LogP contribution in [0.3, 0.4) is 0 Å². The van der Waals surface area contributed by atoms with Gasteiger partial charge in [0, 0.05) is 38.3 Å². The van der Waals surface area contributed by atoms with Gasteiger partial charge in [0.05, 0.1) is 26.8 Å². The molecule has 0 atom stereocenters. The molecule has 2 heterocycles. The summed E-state index contributed by atoms with van der Waals surface area (Å²) in [4.78, 5) is 25.7. The van der Waals surface area contributed by atoms with E-state index in [2.05, 4.69) is 20.5 Å². The summed E-state index contributed by atoms with van der Waals surface area (Å²) >= 11 is 0. The van der Waals surface area contributed by atoms with Gasteiger partial charge in [-0.15, -0.1) is 0 Å². The Labute approximate surface area is 174 Å². The Morgan fingerprint density at radius 3 is 2.42 bits per heavy atom. The second kappa shape index (κ2) is 7.84. The zero-order valence-corrected chi connectivity index (χ0v) is 16.3. The molecule has 1 aromatic heterocycles. The van der Waals surface area contributed by atoms with Crippen molar-refractivity contribution in [1.82, 2.24) is 15.2 Å². The fourth-order valence-corrected chi connectivity index (χ4v) is 3.47. The summed E-state index contributed by atoms with van der Waals surface area (Å²) in [5.41, 5.74) is 0.670. The van der Waals surface area contributed by atoms with Crippen molar-refractivity contribution in [2.75, 3.05) is 43.4 Å². The molecule has 1 saturated heterocycles. The van der Waals surface area contributed by atoms with Crippen LogP contribution in [0.15, 0.2) is 28.9 Å². The van der Waals surface area contributed by atoms with E-state index in [0.29, 0.717) is 24.5 Å². The van der Waals surface area contributed by atoms with Crippen LogP contribution < -0.4 is 10.2 Å². The van der Waals surface area contributed by atoms with Gasteiger partial charge in [0.2, 0.25) is 5.52 Å². The van der Waals surface area contributed by atoms with Gasteiger partial charge >= 0.3 is 5.69 Å². The van der Waals surface area contributed by atoms with Crippen LogP contribution in [-0.4, -0.2) is 58.3 Å². The van der Waals surface area contributed by atoms with Crippen molar-refractivity contribution in [3.63, 3.8) is 0 Å². The number of nitrogens with zero attached hydrogens (tertiary/aromatic N) is 7. The fraction of sp³-hybridized carbons (Fsp3) is 0.278. The number of rotatable bonds is 5. The van der Waals surface area contributed by atoms with E-state index >= 15 is 0 Å². The van der Waals surface area contributed by atoms with Crippen LogP contribution in [0.25, 0.3) is 11.0 Å². The Morgan fingerprint density at radius 1 is 1.06 bits per heavy atom. The lowest BCUT2D eigenvalue weighted by molar-refractivity contribution is -0.384. The van der Waals surface area contributed by atoms with Crippen molar-refractivity contribution in [1.29, 1.82) is 5.26 Å². The minimum atomic E-state index is -0.596. The summed E-state index contributed by atoms with van der Waals surface area (Å²) in [6, 6.07) is 7.28. The normalized spacial score (nSPS) is 14.4. The Balaban J connectivity index is 1.83. The van der Waals surface area contributed by atoms with E-state index in [1.165, 1.54) is 12.1 Å². The fourth-order valence-electron chi connectivity index (χ4n) is 3.47. The standard InChI is InChI=1S/C18H16N8O5/c1-23-4-6-24(7-5-23)15-9-14(16-17(22-31-21-16)18(15)26(29)30)20-13-3-2-12(25(27)28)8-11(13)10-19/h2-3,8-9,20H,4-7H2,1H3. The van der Waals surface area contributed by atoms with E-state index in [0.717, 1.165) is 19.2 Å². The van der Waals surface area contributed by atoms with E-state index in [1.54, 1.807) is 6.07 Å². The van der Waals surface area contributed by atoms with Crippen molar-refractivity contribution in [3.05, 3.63) is 50.1 Å². The Kier molecular flexibility index (Phi) is 5.05. The molecule has 0 amide bonds. The number of aromatic nitrogens is 2. The molecule has 0 saturated carbocycles. The lowest BCUT2D eigenvalue weighted by Gasteiger charge is -2.33. The van der Waals surface area contributed by atoms with Crippen molar-refractivity contribution < 1.29 is 14.5 Å². The molecule has 1 aliphatic rings. The topological polar surface area (TPSA) is 168 Å². The predicted octanol–water partition coefficient (Wildman–Crippen LogP) is 2.41. The minimum absolute atomic E-state index is 0.0238. The Bertz CT molecular complexity index is 1230. The number of likely N-dealkylation sites (N-methyl/N-ethyl adjacent to an activating group) is 1. The maximum absolute atomic E-state index is 11.8. The molecule has 0 unspecified atom stereocenters. The third-order valence-electron chi connectivity index (χ3n) is 5.12. The highest BCUT2D eigenvalue weighted by Crippen LogP contribution is 2.40. The van der Waals surface area contributed by atoms with Gasteiger partial charge in [-0.1, -0.05) is 0 Å². The Morgan fingerprint density at radius 2 is 1.77 bits per heavy atom. The first-order chi connectivity index (χ1) is 14.9. The van der Waals surface area contributed by atoms with E-state index < -0.39 is 9.85 Å². The molecule has 1 N–H and O–H groups in total. The average Bonchev–Trinajstić information content (AvgIpc) is 3.23. The number of anilines is 3. The molecule has 0 bridgehead atoms. The molecule has 2 aromatic carbocycles. The van der Waals surface area contributed by atoms with Crippen molar-refractivity contribution in [2.24, 2.45) is 0 Å². The molecule has 4 rings (SSSR count). The van der Waals surface area contributed by atoms with Crippen LogP contribution in [0.2, 0.25) is 0 Å². The summed E-state index contributed by atoms with van der Waals surface area (Å²) in [6.07, 6.45) is 0. The van der Waals surface area contributed by atoms with Crippen LogP contribution in [0.5, 0.6) is 0 Å². The highest BCUT2D eigenvalue weighted by Gasteiger charge is 2.30. The third kappa shape index (κ3) is 3.67. The maximum atomic E-state index is 11.8. The number of non-ortho nitro benzene ring substituents is 1. The number of nitro benzene ring substituents is 2. The molecule has 0 spiro atoms. The van der Waals surface area contributed by atoms with Gasteiger partial charge < -0.3 is 15.1 Å². The largest absolute Gasteiger partial charge is 0.363 e. The molecule has 31 heavy (non-hydrogen) atoms. The highest BCUT2D eigenvalue weighted by molar-refractivity contribution is 6.01. The lowest BCUT2D eigenvalue weighted by Crippen LogP contribution is -2.44. The van der Waals surface area contributed by atoms with Gasteiger partial charge in [-0.3, -0.25) is 20.2 Å². The SMILES string of the molecule is CN1CCN(c2cc(Nc3ccc([N+](=O)[O-])cc3C#N)c3nonc3c2[N+](=O)[O-])CC1. The molecule has 0 aliphatic carbocycles. The molecule has 13 nitrogen and oxygen atoms in total. The maximum Gasteiger partial charge on any atom is 0.323 e. The number of fused-ring (bicyclic) bond motifs is 1. The first kappa shape index (κ1) is 20.0. The number of hydrogen-bond donors (Lipinski definition) is 1. The molecule has 0 radical (unpaired) electrons. The second-order valence-corrected chi connectivity index (χ2v) is 7.02. The lowest BCUT2D eigenvalue weighted by atomic mass is 10.1. The van der Waals surface area contributed by atoms with Crippen LogP contribution in [0.1, 0.15) is 5.56 Å². The molecule has 1 aliphatic heterocycles. The van der Waals surface area contributed by atoms with Gasteiger partial charge in [0.15, 0.2) is 5.52 Å². The zero-order valence-electron chi connectivity index (χ0n) is 16.3. The average molecular weight is 424 g/mol. The van der Waals surface area contributed by atoms with E-state index in [-0.39, 0.29) is 33.7 Å². The van der Waals surface area contributed by atoms with E-state index in [4.69, 9.17) is 4.63 Å². The number of piperazine rings is 1. The molecule has 1 fully saturated rings. The van der Waals surface area contributed by atoms with Crippen LogP contribution in [-0.2, 0) is 0 Å². The van der Waals surface area contributed by atoms with Gasteiger partial charge in [0.1, 0.15) is 11.8 Å². The van der Waals surface area contributed by atoms with Gasteiger partial charge in [-0.25, -0.2) is 4.63 Å². The molecular formula is C18H16N8O5. The van der Waals surface area contributed by atoms with Crippen molar-refractivity contribution >= 4 is 39.5 Å². The smallest absolute Gasteiger partial charge is 0.323 e. The number of nitro groups is 2.